The smallest absolute Gasteiger partial charge is 0.225 e. The quantitative estimate of drug-likeness (QED) is 0.838. The Labute approximate surface area is 128 Å². The van der Waals surface area contributed by atoms with Crippen molar-refractivity contribution >= 4 is 30.7 Å². The molecule has 6 heteroatoms. The van der Waals surface area contributed by atoms with Gasteiger partial charge < -0.3 is 15.5 Å². The largest absolute Gasteiger partial charge is 0.342 e. The van der Waals surface area contributed by atoms with Gasteiger partial charge >= 0.3 is 0 Å². The molecule has 2 rings (SSSR count). The third-order valence-corrected chi connectivity index (χ3v) is 4.33. The van der Waals surface area contributed by atoms with Gasteiger partial charge in [0.15, 0.2) is 0 Å². The molecule has 2 aliphatic rings. The third kappa shape index (κ3) is 5.10. The van der Waals surface area contributed by atoms with Crippen molar-refractivity contribution in [2.75, 3.05) is 39.8 Å². The fourth-order valence-corrected chi connectivity index (χ4v) is 2.90. The minimum absolute atomic E-state index is 0. The molecule has 1 amide bonds. The van der Waals surface area contributed by atoms with E-state index in [1.54, 1.807) is 0 Å². The van der Waals surface area contributed by atoms with Crippen LogP contribution in [0.4, 0.5) is 0 Å². The van der Waals surface area contributed by atoms with Crippen LogP contribution >= 0.6 is 24.8 Å². The molecule has 0 aliphatic carbocycles. The molecule has 114 valence electrons. The lowest BCUT2D eigenvalue weighted by Crippen LogP contribution is -2.45. The summed E-state index contributed by atoms with van der Waals surface area (Å²) in [5, 5.41) is 0. The monoisotopic (exact) mass is 311 g/mol. The second-order valence-corrected chi connectivity index (χ2v) is 5.58. The molecule has 0 saturated carbocycles. The lowest BCUT2D eigenvalue weighted by Gasteiger charge is -2.36. The van der Waals surface area contributed by atoms with E-state index < -0.39 is 0 Å². The summed E-state index contributed by atoms with van der Waals surface area (Å²) < 4.78 is 0. The van der Waals surface area contributed by atoms with E-state index in [4.69, 9.17) is 5.73 Å². The molecule has 0 bridgehead atoms. The number of piperidine rings is 2. The lowest BCUT2D eigenvalue weighted by molar-refractivity contribution is -0.138. The molecule has 2 aliphatic heterocycles. The molecule has 0 atom stereocenters. The van der Waals surface area contributed by atoms with E-state index in [1.165, 1.54) is 0 Å². The van der Waals surface area contributed by atoms with Crippen LogP contribution in [-0.2, 0) is 4.79 Å². The number of carbonyl (C=O) groups is 1. The Hall–Kier alpha value is -0.0300. The van der Waals surface area contributed by atoms with Crippen molar-refractivity contribution in [1.29, 1.82) is 0 Å². The number of amides is 1. The summed E-state index contributed by atoms with van der Waals surface area (Å²) in [6.45, 7) is 4.75. The number of likely N-dealkylation sites (tertiary alicyclic amines) is 2. The summed E-state index contributed by atoms with van der Waals surface area (Å²) in [6, 6.07) is 0. The van der Waals surface area contributed by atoms with Gasteiger partial charge in [-0.15, -0.1) is 24.8 Å². The van der Waals surface area contributed by atoms with Crippen LogP contribution in [-0.4, -0.2) is 55.5 Å². The number of nitrogens with two attached hydrogens (primary N) is 1. The number of rotatable bonds is 2. The Kier molecular flexibility index (Phi) is 8.99. The molecule has 0 aromatic heterocycles. The predicted octanol–water partition coefficient (Wildman–Crippen LogP) is 1.37. The van der Waals surface area contributed by atoms with Crippen molar-refractivity contribution in [3.05, 3.63) is 0 Å². The van der Waals surface area contributed by atoms with E-state index >= 15 is 0 Å². The summed E-state index contributed by atoms with van der Waals surface area (Å²) in [7, 11) is 2.13. The van der Waals surface area contributed by atoms with E-state index in [1.807, 2.05) is 0 Å². The summed E-state index contributed by atoms with van der Waals surface area (Å²) in [5.41, 5.74) is 5.67. The van der Waals surface area contributed by atoms with E-state index in [0.717, 1.165) is 58.4 Å². The van der Waals surface area contributed by atoms with Crippen molar-refractivity contribution in [2.24, 2.45) is 17.6 Å². The van der Waals surface area contributed by atoms with Gasteiger partial charge in [0.1, 0.15) is 0 Å². The number of carbonyl (C=O) groups excluding carboxylic acids is 1. The number of halogens is 2. The first-order valence-corrected chi connectivity index (χ1v) is 6.88. The average Bonchev–Trinajstić information content (AvgIpc) is 2.39. The van der Waals surface area contributed by atoms with Gasteiger partial charge in [0, 0.05) is 19.0 Å². The van der Waals surface area contributed by atoms with Gasteiger partial charge in [-0.2, -0.15) is 0 Å². The topological polar surface area (TPSA) is 49.6 Å². The molecule has 0 aromatic rings. The molecular weight excluding hydrogens is 285 g/mol. The average molecular weight is 312 g/mol. The fraction of sp³-hybridized carbons (Fsp3) is 0.923. The van der Waals surface area contributed by atoms with Crippen LogP contribution in [0, 0.1) is 11.8 Å². The lowest BCUT2D eigenvalue weighted by atomic mass is 9.92. The summed E-state index contributed by atoms with van der Waals surface area (Å²) in [5.74, 6) is 1.31. The highest BCUT2D eigenvalue weighted by Gasteiger charge is 2.29. The SMILES string of the molecule is CN1CCC(C(=O)N2CCC(CN)CC2)CC1.Cl.Cl. The zero-order valence-corrected chi connectivity index (χ0v) is 13.3. The van der Waals surface area contributed by atoms with Crippen molar-refractivity contribution in [3.8, 4) is 0 Å². The zero-order valence-electron chi connectivity index (χ0n) is 11.7. The molecule has 4 nitrogen and oxygen atoms in total. The molecule has 2 fully saturated rings. The first kappa shape index (κ1) is 19.0. The normalized spacial score (nSPS) is 22.5. The first-order chi connectivity index (χ1) is 8.20. The molecule has 2 N–H and O–H groups in total. The van der Waals surface area contributed by atoms with E-state index in [2.05, 4.69) is 16.8 Å². The van der Waals surface area contributed by atoms with Gasteiger partial charge in [-0.3, -0.25) is 4.79 Å². The van der Waals surface area contributed by atoms with Crippen LogP contribution < -0.4 is 5.73 Å². The molecule has 2 saturated heterocycles. The van der Waals surface area contributed by atoms with Crippen molar-refractivity contribution in [3.63, 3.8) is 0 Å². The van der Waals surface area contributed by atoms with Crippen LogP contribution in [0.25, 0.3) is 0 Å². The highest BCUT2D eigenvalue weighted by molar-refractivity contribution is 5.85. The summed E-state index contributed by atoms with van der Waals surface area (Å²) in [4.78, 5) is 16.7. The van der Waals surface area contributed by atoms with Crippen molar-refractivity contribution < 1.29 is 4.79 Å². The van der Waals surface area contributed by atoms with Crippen LogP contribution in [0.1, 0.15) is 25.7 Å². The van der Waals surface area contributed by atoms with Crippen LogP contribution in [0.5, 0.6) is 0 Å². The molecule has 0 aromatic carbocycles. The summed E-state index contributed by atoms with van der Waals surface area (Å²) in [6.07, 6.45) is 4.25. The van der Waals surface area contributed by atoms with Crippen LogP contribution in [0.15, 0.2) is 0 Å². The van der Waals surface area contributed by atoms with Crippen LogP contribution in [0.3, 0.4) is 0 Å². The third-order valence-electron chi connectivity index (χ3n) is 4.33. The standard InChI is InChI=1S/C13H25N3O.2ClH/c1-15-6-4-12(5-7-15)13(17)16-8-2-11(10-14)3-9-16;;/h11-12H,2-10,14H2,1H3;2*1H. The molecule has 2 heterocycles. The summed E-state index contributed by atoms with van der Waals surface area (Å²) >= 11 is 0. The van der Waals surface area contributed by atoms with Gasteiger partial charge in [-0.25, -0.2) is 0 Å². The van der Waals surface area contributed by atoms with Gasteiger partial charge in [-0.05, 0) is 58.3 Å². The Morgan fingerprint density at radius 1 is 1.05 bits per heavy atom. The Bertz CT molecular complexity index is 263. The molecule has 0 unspecified atom stereocenters. The highest BCUT2D eigenvalue weighted by atomic mass is 35.5. The molecular formula is C13H27Cl2N3O. The molecule has 0 radical (unpaired) electrons. The second-order valence-electron chi connectivity index (χ2n) is 5.58. The Balaban J connectivity index is 0.00000162. The van der Waals surface area contributed by atoms with E-state index in [0.29, 0.717) is 11.8 Å². The molecule has 19 heavy (non-hydrogen) atoms. The maximum Gasteiger partial charge on any atom is 0.225 e. The fourth-order valence-electron chi connectivity index (χ4n) is 2.90. The van der Waals surface area contributed by atoms with Gasteiger partial charge in [0.2, 0.25) is 5.91 Å². The van der Waals surface area contributed by atoms with E-state index in [9.17, 15) is 4.79 Å². The van der Waals surface area contributed by atoms with Gasteiger partial charge in [0.25, 0.3) is 0 Å². The predicted molar refractivity (Wildman–Crippen MR) is 83.1 cm³/mol. The molecule has 0 spiro atoms. The first-order valence-electron chi connectivity index (χ1n) is 6.88. The highest BCUT2D eigenvalue weighted by Crippen LogP contribution is 2.22. The van der Waals surface area contributed by atoms with Crippen LogP contribution in [0.2, 0.25) is 0 Å². The number of hydrogen-bond acceptors (Lipinski definition) is 3. The Morgan fingerprint density at radius 3 is 2.05 bits per heavy atom. The number of hydrogen-bond donors (Lipinski definition) is 1. The minimum Gasteiger partial charge on any atom is -0.342 e. The maximum absolute atomic E-state index is 12.3. The van der Waals surface area contributed by atoms with Gasteiger partial charge in [-0.1, -0.05) is 0 Å². The van der Waals surface area contributed by atoms with Gasteiger partial charge in [0.05, 0.1) is 0 Å². The van der Waals surface area contributed by atoms with Crippen molar-refractivity contribution in [1.82, 2.24) is 9.80 Å². The van der Waals surface area contributed by atoms with Crippen molar-refractivity contribution in [2.45, 2.75) is 25.7 Å². The Morgan fingerprint density at radius 2 is 1.58 bits per heavy atom. The minimum atomic E-state index is 0. The zero-order chi connectivity index (χ0) is 12.3. The van der Waals surface area contributed by atoms with E-state index in [-0.39, 0.29) is 30.7 Å². The second kappa shape index (κ2) is 9.01. The maximum atomic E-state index is 12.3. The number of nitrogens with zero attached hydrogens (tertiary/aromatic N) is 2.